The summed E-state index contributed by atoms with van der Waals surface area (Å²) >= 11 is 6.77. The van der Waals surface area contributed by atoms with Gasteiger partial charge in [-0.2, -0.15) is 0 Å². The third-order valence-corrected chi connectivity index (χ3v) is 3.87. The number of carboxylic acid groups (broad SMARTS) is 1. The number of amides is 2. The van der Waals surface area contributed by atoms with Gasteiger partial charge in [-0.05, 0) is 29.5 Å². The van der Waals surface area contributed by atoms with E-state index in [9.17, 15) is 14.4 Å². The van der Waals surface area contributed by atoms with Gasteiger partial charge in [0.05, 0.1) is 11.3 Å². The Bertz CT molecular complexity index is 614. The fourth-order valence-electron chi connectivity index (χ4n) is 1.63. The van der Waals surface area contributed by atoms with Crippen molar-refractivity contribution in [2.75, 3.05) is 6.54 Å². The minimum atomic E-state index is -1.06. The van der Waals surface area contributed by atoms with Crippen LogP contribution in [0.4, 0.5) is 4.79 Å². The topological polar surface area (TPSA) is 74.7 Å². The van der Waals surface area contributed by atoms with E-state index in [1.807, 2.05) is 0 Å². The Morgan fingerprint density at radius 3 is 2.70 bits per heavy atom. The van der Waals surface area contributed by atoms with Crippen molar-refractivity contribution in [2.45, 2.75) is 6.42 Å². The van der Waals surface area contributed by atoms with Crippen LogP contribution < -0.4 is 0 Å². The predicted octanol–water partition coefficient (Wildman–Crippen LogP) is 2.85. The number of imide groups is 1. The summed E-state index contributed by atoms with van der Waals surface area (Å²) in [6.07, 6.45) is 1.27. The van der Waals surface area contributed by atoms with Gasteiger partial charge in [-0.15, -0.1) is 0 Å². The van der Waals surface area contributed by atoms with E-state index in [-0.39, 0.29) is 17.9 Å². The number of carbonyl (C=O) groups is 3. The van der Waals surface area contributed by atoms with Gasteiger partial charge in [0.2, 0.25) is 0 Å². The second-order valence-corrected chi connectivity index (χ2v) is 5.40. The molecule has 0 saturated carbocycles. The maximum Gasteiger partial charge on any atom is 0.305 e. The smallest absolute Gasteiger partial charge is 0.305 e. The van der Waals surface area contributed by atoms with Crippen molar-refractivity contribution >= 4 is 46.6 Å². The van der Waals surface area contributed by atoms with Crippen molar-refractivity contribution in [3.05, 3.63) is 39.8 Å². The number of carboxylic acids is 1. The first-order valence-electron chi connectivity index (χ1n) is 5.70. The van der Waals surface area contributed by atoms with Crippen LogP contribution in [0.25, 0.3) is 6.08 Å². The Morgan fingerprint density at radius 1 is 1.35 bits per heavy atom. The van der Waals surface area contributed by atoms with Gasteiger partial charge in [-0.25, -0.2) is 0 Å². The number of hydrogen-bond donors (Lipinski definition) is 1. The molecule has 7 heteroatoms. The molecule has 1 aliphatic heterocycles. The van der Waals surface area contributed by atoms with Crippen LogP contribution in [0.1, 0.15) is 12.0 Å². The molecule has 1 aliphatic rings. The minimum absolute atomic E-state index is 0.125. The average molecular weight is 312 g/mol. The SMILES string of the molecule is O=C(O)CCN1C(=O)S/C(=C\c2ccccc2Cl)C1=O. The van der Waals surface area contributed by atoms with E-state index in [0.29, 0.717) is 10.6 Å². The zero-order valence-corrected chi connectivity index (χ0v) is 11.8. The molecule has 0 radical (unpaired) electrons. The summed E-state index contributed by atoms with van der Waals surface area (Å²) in [7, 11) is 0. The molecule has 0 aromatic heterocycles. The van der Waals surface area contributed by atoms with Crippen molar-refractivity contribution in [3.63, 3.8) is 0 Å². The van der Waals surface area contributed by atoms with E-state index in [1.165, 1.54) is 6.08 Å². The van der Waals surface area contributed by atoms with Gasteiger partial charge in [0, 0.05) is 11.6 Å². The van der Waals surface area contributed by atoms with Crippen LogP contribution in [0, 0.1) is 0 Å². The van der Waals surface area contributed by atoms with Gasteiger partial charge < -0.3 is 5.11 Å². The molecule has 20 heavy (non-hydrogen) atoms. The molecule has 1 fully saturated rings. The van der Waals surface area contributed by atoms with Crippen molar-refractivity contribution < 1.29 is 19.5 Å². The Morgan fingerprint density at radius 2 is 2.05 bits per heavy atom. The quantitative estimate of drug-likeness (QED) is 0.865. The number of nitrogens with zero attached hydrogens (tertiary/aromatic N) is 1. The lowest BCUT2D eigenvalue weighted by atomic mass is 10.2. The average Bonchev–Trinajstić information content (AvgIpc) is 2.65. The van der Waals surface area contributed by atoms with Gasteiger partial charge in [-0.3, -0.25) is 19.3 Å². The van der Waals surface area contributed by atoms with E-state index in [1.54, 1.807) is 24.3 Å². The predicted molar refractivity (Wildman–Crippen MR) is 76.4 cm³/mol. The number of rotatable bonds is 4. The summed E-state index contributed by atoms with van der Waals surface area (Å²) in [5.74, 6) is -1.54. The first-order valence-corrected chi connectivity index (χ1v) is 6.90. The highest BCUT2D eigenvalue weighted by molar-refractivity contribution is 8.18. The van der Waals surface area contributed by atoms with E-state index >= 15 is 0 Å². The van der Waals surface area contributed by atoms with Gasteiger partial charge in [0.15, 0.2) is 0 Å². The summed E-state index contributed by atoms with van der Waals surface area (Å²) in [5.41, 5.74) is 0.637. The van der Waals surface area contributed by atoms with Gasteiger partial charge in [0.1, 0.15) is 0 Å². The zero-order valence-electron chi connectivity index (χ0n) is 10.2. The van der Waals surface area contributed by atoms with Gasteiger partial charge in [-0.1, -0.05) is 29.8 Å². The number of benzene rings is 1. The highest BCUT2D eigenvalue weighted by Gasteiger charge is 2.35. The van der Waals surface area contributed by atoms with Crippen LogP contribution in [-0.2, 0) is 9.59 Å². The molecule has 0 bridgehead atoms. The number of hydrogen-bond acceptors (Lipinski definition) is 4. The molecule has 1 aromatic carbocycles. The van der Waals surface area contributed by atoms with Crippen LogP contribution in [0.2, 0.25) is 5.02 Å². The maximum absolute atomic E-state index is 12.0. The molecule has 2 amide bonds. The van der Waals surface area contributed by atoms with Crippen molar-refractivity contribution in [1.29, 1.82) is 0 Å². The molecule has 5 nitrogen and oxygen atoms in total. The monoisotopic (exact) mass is 311 g/mol. The standard InChI is InChI=1S/C13H10ClNO4S/c14-9-4-2-1-3-8(9)7-10-12(18)15(13(19)20-10)6-5-11(16)17/h1-4,7H,5-6H2,(H,16,17)/b10-7-. The number of carbonyl (C=O) groups excluding carboxylic acids is 2. The highest BCUT2D eigenvalue weighted by Crippen LogP contribution is 2.33. The molecule has 1 N–H and O–H groups in total. The fourth-order valence-corrected chi connectivity index (χ4v) is 2.68. The Balaban J connectivity index is 2.19. The minimum Gasteiger partial charge on any atom is -0.481 e. The molecule has 1 saturated heterocycles. The molecular formula is C13H10ClNO4S. The number of thioether (sulfide) groups is 1. The molecule has 1 aromatic rings. The Kier molecular flexibility index (Phi) is 4.46. The Labute approximate surface area is 124 Å². The van der Waals surface area contributed by atoms with Gasteiger partial charge in [0.25, 0.3) is 11.1 Å². The first-order chi connectivity index (χ1) is 9.49. The lowest BCUT2D eigenvalue weighted by molar-refractivity contribution is -0.137. The van der Waals surface area contributed by atoms with Crippen molar-refractivity contribution in [1.82, 2.24) is 4.90 Å². The summed E-state index contributed by atoms with van der Waals surface area (Å²) < 4.78 is 0. The van der Waals surface area contributed by atoms with Crippen molar-refractivity contribution in [3.8, 4) is 0 Å². The zero-order chi connectivity index (χ0) is 14.7. The van der Waals surface area contributed by atoms with E-state index < -0.39 is 17.1 Å². The van der Waals surface area contributed by atoms with Crippen LogP contribution in [-0.4, -0.2) is 33.7 Å². The first kappa shape index (κ1) is 14.6. The van der Waals surface area contributed by atoms with E-state index in [4.69, 9.17) is 16.7 Å². The molecular weight excluding hydrogens is 302 g/mol. The van der Waals surface area contributed by atoms with E-state index in [0.717, 1.165) is 16.7 Å². The van der Waals surface area contributed by atoms with Crippen LogP contribution in [0.15, 0.2) is 29.2 Å². The number of halogens is 1. The maximum atomic E-state index is 12.0. The third-order valence-electron chi connectivity index (χ3n) is 2.61. The number of aliphatic carboxylic acids is 1. The summed E-state index contributed by atoms with van der Waals surface area (Å²) in [4.78, 5) is 35.4. The van der Waals surface area contributed by atoms with Crippen LogP contribution in [0.3, 0.4) is 0 Å². The van der Waals surface area contributed by atoms with Gasteiger partial charge >= 0.3 is 5.97 Å². The molecule has 0 atom stereocenters. The van der Waals surface area contributed by atoms with E-state index in [2.05, 4.69) is 0 Å². The molecule has 0 aliphatic carbocycles. The molecule has 0 spiro atoms. The summed E-state index contributed by atoms with van der Waals surface area (Å²) in [6, 6.07) is 6.94. The highest BCUT2D eigenvalue weighted by atomic mass is 35.5. The molecule has 2 rings (SSSR count). The lowest BCUT2D eigenvalue weighted by Crippen LogP contribution is -2.30. The fraction of sp³-hybridized carbons (Fsp3) is 0.154. The third kappa shape index (κ3) is 3.20. The summed E-state index contributed by atoms with van der Waals surface area (Å²) in [6.45, 7) is -0.125. The summed E-state index contributed by atoms with van der Waals surface area (Å²) in [5, 5.41) is 8.61. The molecule has 1 heterocycles. The Hall–Kier alpha value is -1.79. The second-order valence-electron chi connectivity index (χ2n) is 4.00. The molecule has 0 unspecified atom stereocenters. The normalized spacial score (nSPS) is 17.1. The second kappa shape index (κ2) is 6.11. The van der Waals surface area contributed by atoms with Crippen LogP contribution >= 0.6 is 23.4 Å². The lowest BCUT2D eigenvalue weighted by Gasteiger charge is -2.09. The van der Waals surface area contributed by atoms with Crippen LogP contribution in [0.5, 0.6) is 0 Å². The van der Waals surface area contributed by atoms with Crippen molar-refractivity contribution in [2.24, 2.45) is 0 Å². The molecule has 104 valence electrons. The largest absolute Gasteiger partial charge is 0.481 e.